The molecule has 2 rings (SSSR count). The van der Waals surface area contributed by atoms with Crippen molar-refractivity contribution >= 4 is 18.3 Å². The van der Waals surface area contributed by atoms with Gasteiger partial charge in [0.2, 0.25) is 0 Å². The molecule has 1 aliphatic heterocycles. The fraction of sp³-hybridized carbons (Fsp3) is 0.562. The van der Waals surface area contributed by atoms with Crippen molar-refractivity contribution < 1.29 is 9.53 Å². The van der Waals surface area contributed by atoms with Gasteiger partial charge in [-0.15, -0.1) is 12.4 Å². The molecule has 5 nitrogen and oxygen atoms in total. The van der Waals surface area contributed by atoms with Crippen molar-refractivity contribution in [3.8, 4) is 5.75 Å². The van der Waals surface area contributed by atoms with Gasteiger partial charge in [0.15, 0.2) is 6.61 Å². The second-order valence-electron chi connectivity index (χ2n) is 5.45. The normalized spacial score (nSPS) is 15.0. The third-order valence-electron chi connectivity index (χ3n) is 3.72. The smallest absolute Gasteiger partial charge is 0.257 e. The molecule has 1 fully saturated rings. The van der Waals surface area contributed by atoms with Crippen molar-refractivity contribution in [3.63, 3.8) is 0 Å². The molecule has 1 heterocycles. The van der Waals surface area contributed by atoms with Crippen LogP contribution in [-0.4, -0.2) is 56.7 Å². The molecule has 0 saturated carbocycles. The summed E-state index contributed by atoms with van der Waals surface area (Å²) < 4.78 is 5.64. The summed E-state index contributed by atoms with van der Waals surface area (Å²) in [6.45, 7) is 9.80. The van der Waals surface area contributed by atoms with E-state index in [-0.39, 0.29) is 24.9 Å². The number of ether oxygens (including phenoxy) is 1. The maximum absolute atomic E-state index is 11.8. The van der Waals surface area contributed by atoms with E-state index in [1.54, 1.807) is 0 Å². The van der Waals surface area contributed by atoms with Crippen LogP contribution >= 0.6 is 12.4 Å². The van der Waals surface area contributed by atoms with Crippen LogP contribution in [0.4, 0.5) is 0 Å². The Morgan fingerprint density at radius 2 is 1.91 bits per heavy atom. The van der Waals surface area contributed by atoms with Crippen LogP contribution in [0.15, 0.2) is 18.2 Å². The van der Waals surface area contributed by atoms with Crippen molar-refractivity contribution in [2.45, 2.75) is 13.8 Å². The fourth-order valence-corrected chi connectivity index (χ4v) is 2.50. The first-order chi connectivity index (χ1) is 10.2. The Morgan fingerprint density at radius 3 is 2.55 bits per heavy atom. The van der Waals surface area contributed by atoms with Gasteiger partial charge in [-0.25, -0.2) is 0 Å². The lowest BCUT2D eigenvalue weighted by atomic mass is 10.1. The second-order valence-corrected chi connectivity index (χ2v) is 5.45. The molecule has 2 N–H and O–H groups in total. The monoisotopic (exact) mass is 327 g/mol. The average Bonchev–Trinajstić information content (AvgIpc) is 2.48. The first-order valence-electron chi connectivity index (χ1n) is 7.55. The minimum Gasteiger partial charge on any atom is -0.483 e. The van der Waals surface area contributed by atoms with Crippen molar-refractivity contribution in [1.29, 1.82) is 0 Å². The molecular formula is C16H26ClN3O2. The Kier molecular flexibility index (Phi) is 8.24. The number of carbonyl (C=O) groups excluding carboxylic acids is 1. The molecule has 6 heteroatoms. The maximum atomic E-state index is 11.8. The van der Waals surface area contributed by atoms with Gasteiger partial charge in [0.1, 0.15) is 5.75 Å². The van der Waals surface area contributed by atoms with E-state index in [1.165, 1.54) is 0 Å². The van der Waals surface area contributed by atoms with Crippen LogP contribution in [0.5, 0.6) is 5.75 Å². The molecule has 1 saturated heterocycles. The van der Waals surface area contributed by atoms with E-state index in [1.807, 2.05) is 32.0 Å². The Morgan fingerprint density at radius 1 is 1.27 bits per heavy atom. The predicted molar refractivity (Wildman–Crippen MR) is 91.0 cm³/mol. The Hall–Kier alpha value is -1.30. The number of hydrogen-bond acceptors (Lipinski definition) is 4. The van der Waals surface area contributed by atoms with Gasteiger partial charge in [-0.05, 0) is 25.0 Å². The molecule has 0 spiro atoms. The molecule has 1 aromatic rings. The highest BCUT2D eigenvalue weighted by Crippen LogP contribution is 2.21. The number of nitrogens with one attached hydrogen (secondary N) is 2. The zero-order valence-electron chi connectivity index (χ0n) is 13.4. The SMILES string of the molecule is Cc1cccc(C)c1OCC(=O)NCCN1CCNCC1.Cl. The number of hydrogen-bond donors (Lipinski definition) is 2. The van der Waals surface area contributed by atoms with Crippen LogP contribution in [0.1, 0.15) is 11.1 Å². The highest BCUT2D eigenvalue weighted by Gasteiger charge is 2.10. The van der Waals surface area contributed by atoms with Crippen LogP contribution in [0.3, 0.4) is 0 Å². The predicted octanol–water partition coefficient (Wildman–Crippen LogP) is 1.13. The Balaban J connectivity index is 0.00000242. The van der Waals surface area contributed by atoms with Crippen LogP contribution < -0.4 is 15.4 Å². The van der Waals surface area contributed by atoms with E-state index in [0.29, 0.717) is 6.54 Å². The third kappa shape index (κ3) is 5.83. The van der Waals surface area contributed by atoms with Gasteiger partial charge in [0.05, 0.1) is 0 Å². The standard InChI is InChI=1S/C16H25N3O2.ClH/c1-13-4-3-5-14(2)16(13)21-12-15(20)18-8-11-19-9-6-17-7-10-19;/h3-5,17H,6-12H2,1-2H3,(H,18,20);1H. The summed E-state index contributed by atoms with van der Waals surface area (Å²) >= 11 is 0. The van der Waals surface area contributed by atoms with Crippen molar-refractivity contribution in [3.05, 3.63) is 29.3 Å². The quantitative estimate of drug-likeness (QED) is 0.822. The Bertz CT molecular complexity index is 456. The van der Waals surface area contributed by atoms with Gasteiger partial charge in [0, 0.05) is 39.3 Å². The first kappa shape index (κ1) is 18.7. The molecular weight excluding hydrogens is 302 g/mol. The number of nitrogens with zero attached hydrogens (tertiary/aromatic N) is 1. The van der Waals surface area contributed by atoms with E-state index in [2.05, 4.69) is 15.5 Å². The molecule has 0 unspecified atom stereocenters. The second kappa shape index (κ2) is 9.66. The van der Waals surface area contributed by atoms with Crippen LogP contribution in [0.25, 0.3) is 0 Å². The summed E-state index contributed by atoms with van der Waals surface area (Å²) in [5.74, 6) is 0.752. The fourth-order valence-electron chi connectivity index (χ4n) is 2.50. The van der Waals surface area contributed by atoms with Crippen LogP contribution in [0, 0.1) is 13.8 Å². The molecule has 0 bridgehead atoms. The Labute approximate surface area is 138 Å². The molecule has 1 aromatic carbocycles. The van der Waals surface area contributed by atoms with E-state index >= 15 is 0 Å². The van der Waals surface area contributed by atoms with Gasteiger partial charge < -0.3 is 15.4 Å². The molecule has 124 valence electrons. The maximum Gasteiger partial charge on any atom is 0.257 e. The number of para-hydroxylation sites is 1. The minimum atomic E-state index is -0.0622. The van der Waals surface area contributed by atoms with Crippen molar-refractivity contribution in [1.82, 2.24) is 15.5 Å². The number of halogens is 1. The summed E-state index contributed by atoms with van der Waals surface area (Å²) in [6, 6.07) is 5.97. The lowest BCUT2D eigenvalue weighted by Crippen LogP contribution is -2.46. The summed E-state index contributed by atoms with van der Waals surface area (Å²) in [6.07, 6.45) is 0. The topological polar surface area (TPSA) is 53.6 Å². The average molecular weight is 328 g/mol. The number of benzene rings is 1. The lowest BCUT2D eigenvalue weighted by molar-refractivity contribution is -0.123. The number of aryl methyl sites for hydroxylation is 2. The molecule has 1 aliphatic rings. The third-order valence-corrected chi connectivity index (χ3v) is 3.72. The number of amides is 1. The van der Waals surface area contributed by atoms with Crippen molar-refractivity contribution in [2.75, 3.05) is 45.9 Å². The van der Waals surface area contributed by atoms with E-state index in [4.69, 9.17) is 4.74 Å². The number of rotatable bonds is 6. The molecule has 1 amide bonds. The molecule has 0 aromatic heterocycles. The number of carbonyl (C=O) groups is 1. The molecule has 0 atom stereocenters. The summed E-state index contributed by atoms with van der Waals surface area (Å²) in [7, 11) is 0. The summed E-state index contributed by atoms with van der Waals surface area (Å²) in [5, 5.41) is 6.23. The minimum absolute atomic E-state index is 0. The summed E-state index contributed by atoms with van der Waals surface area (Å²) in [5.41, 5.74) is 2.12. The van der Waals surface area contributed by atoms with Crippen LogP contribution in [0.2, 0.25) is 0 Å². The first-order valence-corrected chi connectivity index (χ1v) is 7.55. The molecule has 22 heavy (non-hydrogen) atoms. The van der Waals surface area contributed by atoms with Gasteiger partial charge in [-0.3, -0.25) is 9.69 Å². The largest absolute Gasteiger partial charge is 0.483 e. The van der Waals surface area contributed by atoms with Gasteiger partial charge >= 0.3 is 0 Å². The van der Waals surface area contributed by atoms with E-state index in [0.717, 1.165) is 49.6 Å². The van der Waals surface area contributed by atoms with Crippen LogP contribution in [-0.2, 0) is 4.79 Å². The van der Waals surface area contributed by atoms with Crippen molar-refractivity contribution in [2.24, 2.45) is 0 Å². The highest BCUT2D eigenvalue weighted by molar-refractivity contribution is 5.85. The van der Waals surface area contributed by atoms with E-state index in [9.17, 15) is 4.79 Å². The zero-order chi connectivity index (χ0) is 15.1. The van der Waals surface area contributed by atoms with E-state index < -0.39 is 0 Å². The number of piperazine rings is 1. The highest BCUT2D eigenvalue weighted by atomic mass is 35.5. The van der Waals surface area contributed by atoms with Gasteiger partial charge in [-0.1, -0.05) is 18.2 Å². The zero-order valence-corrected chi connectivity index (χ0v) is 14.2. The van der Waals surface area contributed by atoms with Gasteiger partial charge in [-0.2, -0.15) is 0 Å². The van der Waals surface area contributed by atoms with Gasteiger partial charge in [0.25, 0.3) is 5.91 Å². The summed E-state index contributed by atoms with van der Waals surface area (Å²) in [4.78, 5) is 14.2. The molecule has 0 aliphatic carbocycles. The lowest BCUT2D eigenvalue weighted by Gasteiger charge is -2.27. The molecule has 0 radical (unpaired) electrons.